The van der Waals surface area contributed by atoms with Crippen LogP contribution in [0, 0.1) is 0 Å². The van der Waals surface area contributed by atoms with Gasteiger partial charge in [-0.1, -0.05) is 0 Å². The summed E-state index contributed by atoms with van der Waals surface area (Å²) in [4.78, 5) is 51.8. The topological polar surface area (TPSA) is 140 Å². The van der Waals surface area contributed by atoms with E-state index in [1.807, 2.05) is 19.0 Å². The van der Waals surface area contributed by atoms with Gasteiger partial charge in [0, 0.05) is 44.2 Å². The van der Waals surface area contributed by atoms with Crippen molar-refractivity contribution in [3.05, 3.63) is 78.1 Å². The number of amides is 3. The first-order chi connectivity index (χ1) is 20.0. The fourth-order valence-corrected chi connectivity index (χ4v) is 4.31. The molecule has 3 heterocycles. The quantitative estimate of drug-likeness (QED) is 0.228. The van der Waals surface area contributed by atoms with Crippen LogP contribution in [-0.4, -0.2) is 65.5 Å². The molecule has 0 saturated heterocycles. The zero-order chi connectivity index (χ0) is 30.4. The zero-order valence-corrected chi connectivity index (χ0v) is 24.2. The Bertz CT molecular complexity index is 1590. The second kappa shape index (κ2) is 13.0. The fraction of sp³-hybridized carbons (Fsp3) is 0.267. The molecule has 12 heteroatoms. The Labute approximate surface area is 243 Å². The van der Waals surface area contributed by atoms with Crippen LogP contribution >= 0.6 is 0 Å². The van der Waals surface area contributed by atoms with Gasteiger partial charge in [0.2, 0.25) is 11.7 Å². The highest BCUT2D eigenvalue weighted by atomic mass is 16.5. The number of methoxy groups -OCH3 is 1. The molecule has 0 spiro atoms. The monoisotopic (exact) mass is 574 g/mol. The van der Waals surface area contributed by atoms with Gasteiger partial charge in [-0.05, 0) is 75.6 Å². The molecule has 0 radical (unpaired) electrons. The number of nitrogens with one attached hydrogen (secondary N) is 3. The average molecular weight is 575 g/mol. The minimum atomic E-state index is -0.563. The Morgan fingerprint density at radius 2 is 1.38 bits per heavy atom. The smallest absolute Gasteiger partial charge is 0.373 e. The Hall–Kier alpha value is -5.10. The van der Waals surface area contributed by atoms with Gasteiger partial charge in [-0.25, -0.2) is 4.79 Å². The molecule has 1 aromatic carbocycles. The van der Waals surface area contributed by atoms with E-state index >= 15 is 0 Å². The molecule has 0 aliphatic heterocycles. The third-order valence-electron chi connectivity index (χ3n) is 6.45. The first kappa shape index (κ1) is 29.9. The minimum Gasteiger partial charge on any atom is -0.463 e. The second-order valence-corrected chi connectivity index (χ2v) is 10.0. The largest absolute Gasteiger partial charge is 0.463 e. The highest BCUT2D eigenvalue weighted by molar-refractivity contribution is 6.07. The predicted octanol–water partition coefficient (Wildman–Crippen LogP) is 4.20. The number of esters is 1. The second-order valence-electron chi connectivity index (χ2n) is 10.0. The highest BCUT2D eigenvalue weighted by Gasteiger charge is 2.18. The Kier molecular flexibility index (Phi) is 9.28. The van der Waals surface area contributed by atoms with Gasteiger partial charge in [-0.3, -0.25) is 14.4 Å². The lowest BCUT2D eigenvalue weighted by atomic mass is 10.1. The number of nitrogens with zero attached hydrogens (tertiary/aromatic N) is 3. The zero-order valence-electron chi connectivity index (χ0n) is 24.2. The molecule has 0 fully saturated rings. The summed E-state index contributed by atoms with van der Waals surface area (Å²) in [5, 5.41) is 8.47. The Morgan fingerprint density at radius 3 is 1.95 bits per heavy atom. The van der Waals surface area contributed by atoms with E-state index in [1.165, 1.54) is 13.2 Å². The van der Waals surface area contributed by atoms with Crippen molar-refractivity contribution in [3.8, 4) is 11.3 Å². The van der Waals surface area contributed by atoms with Crippen LogP contribution in [0.15, 0.2) is 65.3 Å². The van der Waals surface area contributed by atoms with Crippen molar-refractivity contribution in [1.29, 1.82) is 0 Å². The molecule has 42 heavy (non-hydrogen) atoms. The molecule has 0 saturated carbocycles. The third-order valence-corrected chi connectivity index (χ3v) is 6.45. The van der Waals surface area contributed by atoms with Crippen molar-refractivity contribution >= 4 is 40.8 Å². The summed E-state index contributed by atoms with van der Waals surface area (Å²) >= 11 is 0. The molecule has 4 rings (SSSR count). The summed E-state index contributed by atoms with van der Waals surface area (Å²) < 4.78 is 13.4. The number of carbonyl (C=O) groups is 4. The van der Waals surface area contributed by atoms with Crippen LogP contribution < -0.4 is 16.0 Å². The molecule has 12 nitrogen and oxygen atoms in total. The third kappa shape index (κ3) is 7.34. The number of aryl methyl sites for hydroxylation is 2. The molecule has 3 N–H and O–H groups in total. The Balaban J connectivity index is 1.36. The van der Waals surface area contributed by atoms with Crippen molar-refractivity contribution in [2.75, 3.05) is 43.7 Å². The highest BCUT2D eigenvalue weighted by Crippen LogP contribution is 2.25. The van der Waals surface area contributed by atoms with Gasteiger partial charge in [-0.2, -0.15) is 0 Å². The van der Waals surface area contributed by atoms with E-state index in [4.69, 9.17) is 4.42 Å². The van der Waals surface area contributed by atoms with Gasteiger partial charge in [-0.15, -0.1) is 0 Å². The maximum absolute atomic E-state index is 13.0. The number of anilines is 3. The van der Waals surface area contributed by atoms with Crippen LogP contribution in [0.3, 0.4) is 0 Å². The van der Waals surface area contributed by atoms with Gasteiger partial charge in [0.25, 0.3) is 11.8 Å². The molecule has 0 unspecified atom stereocenters. The number of carbonyl (C=O) groups excluding carboxylic acids is 4. The lowest BCUT2D eigenvalue weighted by Crippen LogP contribution is -2.17. The maximum atomic E-state index is 13.0. The van der Waals surface area contributed by atoms with Crippen molar-refractivity contribution in [3.63, 3.8) is 0 Å². The number of benzene rings is 1. The van der Waals surface area contributed by atoms with Crippen LogP contribution in [0.2, 0.25) is 0 Å². The molecule has 3 amide bonds. The summed E-state index contributed by atoms with van der Waals surface area (Å²) in [6, 6.07) is 13.3. The minimum absolute atomic E-state index is 0.0991. The molecule has 0 aliphatic carbocycles. The lowest BCUT2D eigenvalue weighted by Gasteiger charge is -2.08. The Morgan fingerprint density at radius 1 is 0.810 bits per heavy atom. The van der Waals surface area contributed by atoms with Gasteiger partial charge in [0.05, 0.1) is 18.5 Å². The van der Waals surface area contributed by atoms with Crippen LogP contribution in [0.1, 0.15) is 44.4 Å². The molecule has 3 aromatic heterocycles. The van der Waals surface area contributed by atoms with E-state index in [1.54, 1.807) is 78.1 Å². The SMILES string of the molecule is COC(=O)c1ccc(-c2ccc(NC(=O)c3cc(NC(=O)c4cc(NC(=O)CCCN(C)C)cn4C)cn3C)cc2)o1. The molecule has 4 aromatic rings. The van der Waals surface area contributed by atoms with Crippen LogP contribution in [0.5, 0.6) is 0 Å². The van der Waals surface area contributed by atoms with Gasteiger partial charge < -0.3 is 39.1 Å². The molecule has 220 valence electrons. The number of rotatable bonds is 11. The van der Waals surface area contributed by atoms with Crippen molar-refractivity contribution in [2.45, 2.75) is 12.8 Å². The summed E-state index contributed by atoms with van der Waals surface area (Å²) in [6.45, 7) is 0.811. The van der Waals surface area contributed by atoms with E-state index in [0.717, 1.165) is 18.5 Å². The lowest BCUT2D eigenvalue weighted by molar-refractivity contribution is -0.116. The van der Waals surface area contributed by atoms with Gasteiger partial charge >= 0.3 is 5.97 Å². The normalized spacial score (nSPS) is 10.9. The average Bonchev–Trinajstić information content (AvgIpc) is 3.67. The summed E-state index contributed by atoms with van der Waals surface area (Å²) in [5.74, 6) is -0.837. The van der Waals surface area contributed by atoms with Crippen molar-refractivity contribution in [2.24, 2.45) is 14.1 Å². The number of hydrogen-bond donors (Lipinski definition) is 3. The number of ether oxygens (including phenoxy) is 1. The number of furan rings is 1. The van der Waals surface area contributed by atoms with E-state index in [2.05, 4.69) is 20.7 Å². The molecule has 0 aliphatic rings. The van der Waals surface area contributed by atoms with Crippen LogP contribution in [0.25, 0.3) is 11.3 Å². The van der Waals surface area contributed by atoms with E-state index in [-0.39, 0.29) is 23.5 Å². The predicted molar refractivity (Wildman–Crippen MR) is 159 cm³/mol. The standard InChI is InChI=1S/C30H34N6O6/c1-34(2)14-6-7-27(37)31-21-15-23(35(3)17-21)29(39)33-22-16-24(36(4)18-22)28(38)32-20-10-8-19(9-11-20)25-12-13-26(42-25)30(40)41-5/h8-13,15-18H,6-7,14H2,1-5H3,(H,31,37)(H,32,38)(H,33,39). The van der Waals surface area contributed by atoms with E-state index in [0.29, 0.717) is 40.6 Å². The molecule has 0 bridgehead atoms. The van der Waals surface area contributed by atoms with Gasteiger partial charge in [0.1, 0.15) is 17.1 Å². The maximum Gasteiger partial charge on any atom is 0.373 e. The summed E-state index contributed by atoms with van der Waals surface area (Å²) in [5.41, 5.74) is 2.94. The van der Waals surface area contributed by atoms with Crippen LogP contribution in [-0.2, 0) is 23.6 Å². The van der Waals surface area contributed by atoms with Gasteiger partial charge in [0.15, 0.2) is 0 Å². The van der Waals surface area contributed by atoms with E-state index < -0.39 is 5.97 Å². The van der Waals surface area contributed by atoms with Crippen molar-refractivity contribution < 1.29 is 28.3 Å². The molecule has 0 atom stereocenters. The number of aromatic nitrogens is 2. The number of hydrogen-bond acceptors (Lipinski definition) is 7. The molecular formula is C30H34N6O6. The van der Waals surface area contributed by atoms with Crippen LogP contribution in [0.4, 0.5) is 17.1 Å². The van der Waals surface area contributed by atoms with Crippen molar-refractivity contribution in [1.82, 2.24) is 14.0 Å². The fourth-order valence-electron chi connectivity index (χ4n) is 4.31. The summed E-state index contributed by atoms with van der Waals surface area (Å²) in [6.07, 6.45) is 4.44. The first-order valence-electron chi connectivity index (χ1n) is 13.2. The first-order valence-corrected chi connectivity index (χ1v) is 13.2. The molecular weight excluding hydrogens is 540 g/mol. The van der Waals surface area contributed by atoms with E-state index in [9.17, 15) is 19.2 Å². The summed E-state index contributed by atoms with van der Waals surface area (Å²) in [7, 11) is 8.61.